The second kappa shape index (κ2) is 52.0. The molecule has 1 aromatic heterocycles. The van der Waals surface area contributed by atoms with Gasteiger partial charge in [-0.15, -0.1) is 10.2 Å². The Bertz CT molecular complexity index is 5490. The lowest BCUT2D eigenvalue weighted by atomic mass is 9.47. The Morgan fingerprint density at radius 1 is 0.739 bits per heavy atom. The van der Waals surface area contributed by atoms with Gasteiger partial charge >= 0.3 is 18.1 Å². The fraction of sp³-hybridized carbons (Fsp3) is 0.432. The number of aryl methyl sites for hydroxylation is 1. The first kappa shape index (κ1) is 110. The number of rotatable bonds is 26. The minimum Gasteiger partial charge on any atom is -0.507 e. The van der Waals surface area contributed by atoms with Crippen molar-refractivity contribution in [3.8, 4) is 5.75 Å². The number of ether oxygens (including phenoxy) is 3. The van der Waals surface area contributed by atoms with Gasteiger partial charge in [0, 0.05) is 84.8 Å². The highest BCUT2D eigenvalue weighted by Gasteiger charge is 2.52. The Hall–Kier alpha value is -11.3. The molecule has 4 saturated carbocycles. The molecule has 7 aliphatic rings. The van der Waals surface area contributed by atoms with Gasteiger partial charge in [0.25, 0.3) is 5.91 Å². The molecule has 730 valence electrons. The number of ketones is 1. The van der Waals surface area contributed by atoms with Crippen molar-refractivity contribution in [1.82, 2.24) is 30.5 Å². The Morgan fingerprint density at radius 3 is 1.81 bits per heavy atom. The van der Waals surface area contributed by atoms with Crippen LogP contribution >= 0.6 is 11.6 Å². The van der Waals surface area contributed by atoms with Gasteiger partial charge in [0.05, 0.1) is 94.5 Å². The van der Waals surface area contributed by atoms with Crippen molar-refractivity contribution in [3.63, 3.8) is 0 Å². The number of hydrogen-bond acceptors (Lipinski definition) is 27. The molecule has 7 aromatic carbocycles. The first-order valence-electron chi connectivity index (χ1n) is 43.7. The molecule has 39 heteroatoms. The van der Waals surface area contributed by atoms with Gasteiger partial charge in [0.1, 0.15) is 30.0 Å². The van der Waals surface area contributed by atoms with Crippen molar-refractivity contribution in [1.29, 1.82) is 0 Å². The van der Waals surface area contributed by atoms with Crippen LogP contribution in [0.2, 0.25) is 5.02 Å². The number of aromatic hydroxyl groups is 1. The molecule has 19 N–H and O–H groups in total. The first-order valence-corrected chi connectivity index (χ1v) is 47.5. The van der Waals surface area contributed by atoms with E-state index in [9.17, 15) is 67.2 Å². The fourth-order valence-electron chi connectivity index (χ4n) is 16.3. The molecule has 30 nitrogen and oxygen atoms in total. The van der Waals surface area contributed by atoms with Gasteiger partial charge in [0.15, 0.2) is 33.1 Å². The maximum Gasteiger partial charge on any atom is 0.416 e. The molecule has 2 unspecified atom stereocenters. The molecule has 1 saturated heterocycles. The number of allylic oxidation sites excluding steroid dienone is 1. The van der Waals surface area contributed by atoms with Crippen molar-refractivity contribution < 1.29 is 96.1 Å². The van der Waals surface area contributed by atoms with Crippen LogP contribution in [0.25, 0.3) is 0 Å². The SMILES string of the molecule is CC(=O)c1ccc(N)cc1O.CC(C)C12CC3CC(CC(C3)C1)C2.CCCCCC/C(=N/OCCN)c1ccc(C(F)(F)F)cc1.CCOC(=O)C1=C(COCN)NC(C)=C(C(=O)OC)C1c1ccccc1Cl.CS(=O)(=O)c1ccc(CN)cc1.Cc1nnc2n1CCN(C(=O)CC(N)Cc1cc(F)c(F)cc1F)C2.N[C@@H]1CONC1=O.Nc1ccc(S(=O)(=O)c2ccc(N)cc2)cc1. The van der Waals surface area contributed by atoms with Gasteiger partial charge in [-0.25, -0.2) is 45.1 Å². The van der Waals surface area contributed by atoms with Crippen molar-refractivity contribution in [3.05, 3.63) is 242 Å². The summed E-state index contributed by atoms with van der Waals surface area (Å²) in [6, 6.07) is 35.3. The number of amides is 2. The van der Waals surface area contributed by atoms with Crippen LogP contribution in [0.15, 0.2) is 194 Å². The van der Waals surface area contributed by atoms with Crippen LogP contribution in [0.5, 0.6) is 5.75 Å². The number of fused-ring (bicyclic) bond motifs is 1. The summed E-state index contributed by atoms with van der Waals surface area (Å²) in [5.74, 6) is 0.0413. The van der Waals surface area contributed by atoms with Crippen LogP contribution < -0.4 is 56.7 Å². The number of halogens is 7. The van der Waals surface area contributed by atoms with Crippen molar-refractivity contribution in [2.45, 2.75) is 190 Å². The molecular weight excluding hydrogens is 1800 g/mol. The van der Waals surface area contributed by atoms with E-state index in [2.05, 4.69) is 51.8 Å². The number of nitrogens with one attached hydrogen (secondary N) is 2. The maximum absolute atomic E-state index is 13.7. The normalized spacial score (nSPS) is 18.3. The van der Waals surface area contributed by atoms with Crippen LogP contribution in [0.1, 0.15) is 174 Å². The number of anilines is 3. The van der Waals surface area contributed by atoms with Crippen molar-refractivity contribution in [2.75, 3.05) is 76.8 Å². The van der Waals surface area contributed by atoms with Crippen molar-refractivity contribution >= 4 is 83.6 Å². The molecule has 8 aromatic rings. The standard InChI is InChI=1S/C19H23ClN2O5.C16H18F3N5O.C16H23F3N2O.C13H22.C12H12N2O2S.C8H11NO2S.C8H9NO2.C3H6N2O2/c1-4-27-19(24)17-14(9-26-10-21)22-11(2)15(18(23)25-3)16(17)12-7-5-6-8-13(12)20;1-9-21-22-15-8-23(2-3-24(9)15)16(25)6-11(20)4-10-5-13(18)14(19)7-12(10)17;1-2-3-4-5-6-15(21-22-12-11-20)13-7-9-14(10-8-13)16(17,18)19;1-9(2)13-6-10-3-11(7-13)5-12(4-10)8-13;13-9-1-5-11(6-2-9)17(15,16)12-7-3-10(14)4-8-12;1-12(10,11)8-4-2-7(6-9)3-5-8;1-5(10)7-3-2-6(9)4-8(7)11;4-2-1-7-5-3(2)6/h5-8,16,22H,4,9-10,21H2,1-3H3;5,7,11H,2-4,6,8,20H2,1H3;7-10H,2-6,11-12,20H2,1H3;9-12H,3-8H2,1-2H3;1-8H,13-14H2;2-5H,6,9H2,1H3;2-4,11H,9H2,1H3;2H,1,4H2,(H,5,6)/b;;21-15-;;;;;/t;;;;;;;2-/m.......1/s1. The summed E-state index contributed by atoms with van der Waals surface area (Å²) in [4.78, 5) is 70.6. The lowest BCUT2D eigenvalue weighted by Gasteiger charge is -2.58. The number of nitrogen functional groups attached to an aromatic ring is 3. The number of phenolic OH excluding ortho intramolecular Hbond substituents is 1. The summed E-state index contributed by atoms with van der Waals surface area (Å²) >= 11 is 6.40. The third-order valence-corrected chi connectivity index (χ3v) is 26.3. The topological polar surface area (TPSA) is 499 Å². The van der Waals surface area contributed by atoms with Crippen LogP contribution in [-0.2, 0) is 95.0 Å². The minimum atomic E-state index is -4.33. The Labute approximate surface area is 783 Å². The number of unbranched alkanes of at least 4 members (excludes halogenated alkanes) is 3. The lowest BCUT2D eigenvalue weighted by Crippen LogP contribution is -2.48. The molecule has 0 radical (unpaired) electrons. The maximum atomic E-state index is 13.7. The second-order valence-corrected chi connectivity index (χ2v) is 37.7. The number of Topliss-reactive ketones (excluding diaryl/α,β-unsaturated/α-hetero) is 1. The molecule has 2 amide bonds. The van der Waals surface area contributed by atoms with E-state index in [1.807, 2.05) is 11.5 Å². The number of carbonyl (C=O) groups excluding carboxylic acids is 5. The lowest BCUT2D eigenvalue weighted by molar-refractivity contribution is -0.139. The molecule has 3 atom stereocenters. The summed E-state index contributed by atoms with van der Waals surface area (Å²) in [5.41, 5.74) is 51.9. The zero-order chi connectivity index (χ0) is 99.0. The summed E-state index contributed by atoms with van der Waals surface area (Å²) in [5, 5.41) is 24.7. The Balaban J connectivity index is 0.000000215. The van der Waals surface area contributed by atoms with Gasteiger partial charge in [0.2, 0.25) is 15.7 Å². The quantitative estimate of drug-likeness (QED) is 0.00276. The van der Waals surface area contributed by atoms with E-state index in [1.165, 1.54) is 68.8 Å². The molecule has 4 aliphatic carbocycles. The largest absolute Gasteiger partial charge is 0.507 e. The van der Waals surface area contributed by atoms with E-state index < -0.39 is 78.8 Å². The number of nitrogens with zero attached hydrogens (tertiary/aromatic N) is 5. The highest BCUT2D eigenvalue weighted by molar-refractivity contribution is 7.91. The van der Waals surface area contributed by atoms with Gasteiger partial charge < -0.3 is 84.8 Å². The molecule has 0 spiro atoms. The monoisotopic (exact) mass is 1930 g/mol. The molecule has 4 bridgehead atoms. The predicted octanol–water partition coefficient (Wildman–Crippen LogP) is 13.5. The predicted molar refractivity (Wildman–Crippen MR) is 500 cm³/mol. The van der Waals surface area contributed by atoms with E-state index in [0.717, 1.165) is 84.4 Å². The van der Waals surface area contributed by atoms with Crippen LogP contribution in [0, 0.1) is 53.5 Å². The third-order valence-electron chi connectivity index (χ3n) is 23.1. The zero-order valence-corrected chi connectivity index (χ0v) is 79.1. The number of alkyl halides is 3. The van der Waals surface area contributed by atoms with E-state index >= 15 is 0 Å². The van der Waals surface area contributed by atoms with Gasteiger partial charge in [-0.1, -0.05) is 99.3 Å². The van der Waals surface area contributed by atoms with Crippen molar-refractivity contribution in [2.24, 2.45) is 62.9 Å². The number of phenols is 1. The van der Waals surface area contributed by atoms with Crippen LogP contribution in [-0.4, -0.2) is 149 Å². The zero-order valence-electron chi connectivity index (χ0n) is 76.7. The number of methoxy groups -OCH3 is 1. The number of esters is 2. The minimum absolute atomic E-state index is 0.0223. The molecule has 4 heterocycles. The molecule has 134 heavy (non-hydrogen) atoms. The molecule has 15 rings (SSSR count). The first-order chi connectivity index (χ1) is 63.4. The van der Waals surface area contributed by atoms with Gasteiger partial charge in [-0.05, 0) is 234 Å². The fourth-order valence-corrected chi connectivity index (χ4v) is 18.5. The average Bonchev–Trinajstić information content (AvgIpc) is 0.839. The average molecular weight is 1930 g/mol. The van der Waals surface area contributed by atoms with E-state index in [0.29, 0.717) is 125 Å². The second-order valence-electron chi connectivity index (χ2n) is 33.4. The summed E-state index contributed by atoms with van der Waals surface area (Å²) < 4.78 is 141. The number of sulfone groups is 2. The smallest absolute Gasteiger partial charge is 0.416 e. The highest BCUT2D eigenvalue weighted by Crippen LogP contribution is 2.62. The number of hydroxylamine groups is 1. The number of oxime groups is 1. The van der Waals surface area contributed by atoms with E-state index in [4.69, 9.17) is 81.6 Å². The van der Waals surface area contributed by atoms with E-state index in [1.54, 1.807) is 136 Å². The Morgan fingerprint density at radius 2 is 1.32 bits per heavy atom. The summed E-state index contributed by atoms with van der Waals surface area (Å²) in [7, 11) is -5.27. The number of nitrogens with two attached hydrogens (primary N) is 8. The summed E-state index contributed by atoms with van der Waals surface area (Å²) in [6.45, 7) is 16.7. The number of hydrogen-bond donors (Lipinski definition) is 11. The Kier molecular flexibility index (Phi) is 42.5. The molecular formula is C95H124ClF6N15O15S2. The third kappa shape index (κ3) is 32.2. The molecule has 5 fully saturated rings. The number of dihydropyridines is 1. The summed E-state index contributed by atoms with van der Waals surface area (Å²) in [6.07, 6.45) is 11.2. The van der Waals surface area contributed by atoms with Gasteiger partial charge in [-0.3, -0.25) is 19.2 Å². The van der Waals surface area contributed by atoms with E-state index in [-0.39, 0.29) is 82.6 Å². The number of benzene rings is 7. The number of aromatic nitrogens is 3. The van der Waals surface area contributed by atoms with Crippen LogP contribution in [0.3, 0.4) is 0 Å². The van der Waals surface area contributed by atoms with Crippen LogP contribution in [0.4, 0.5) is 43.4 Å². The highest BCUT2D eigenvalue weighted by atomic mass is 35.5. The molecule has 3 aliphatic heterocycles. The van der Waals surface area contributed by atoms with Gasteiger partial charge in [-0.2, -0.15) is 13.2 Å². The number of carbonyl (C=O) groups is 5.